The van der Waals surface area contributed by atoms with Crippen molar-refractivity contribution in [3.63, 3.8) is 0 Å². The SMILES string of the molecule is Cl.N[C@@H](c1cc([N+](=O)[O-])ccc1Cl)C(F)(F)C(F)(F)F. The van der Waals surface area contributed by atoms with Gasteiger partial charge in [-0.25, -0.2) is 0 Å². The largest absolute Gasteiger partial charge is 0.455 e. The van der Waals surface area contributed by atoms with Crippen LogP contribution in [0.2, 0.25) is 5.02 Å². The molecule has 1 aromatic carbocycles. The summed E-state index contributed by atoms with van der Waals surface area (Å²) in [4.78, 5) is 9.49. The van der Waals surface area contributed by atoms with E-state index in [-0.39, 0.29) is 12.4 Å². The lowest BCUT2D eigenvalue weighted by Gasteiger charge is -2.26. The van der Waals surface area contributed by atoms with Gasteiger partial charge in [-0.2, -0.15) is 22.0 Å². The summed E-state index contributed by atoms with van der Waals surface area (Å²) in [5.74, 6) is -5.26. The Morgan fingerprint density at radius 1 is 1.25 bits per heavy atom. The molecule has 0 amide bonds. The number of non-ortho nitro benzene ring substituents is 1. The van der Waals surface area contributed by atoms with Crippen molar-refractivity contribution in [1.82, 2.24) is 0 Å². The zero-order valence-corrected chi connectivity index (χ0v) is 10.9. The van der Waals surface area contributed by atoms with Crippen LogP contribution in [0.4, 0.5) is 27.6 Å². The number of hydrogen-bond acceptors (Lipinski definition) is 3. The molecule has 0 radical (unpaired) electrons. The molecule has 11 heteroatoms. The third-order valence-corrected chi connectivity index (χ3v) is 2.64. The fourth-order valence-corrected chi connectivity index (χ4v) is 1.49. The molecule has 0 heterocycles. The maximum absolute atomic E-state index is 13.0. The highest BCUT2D eigenvalue weighted by Gasteiger charge is 2.62. The summed E-state index contributed by atoms with van der Waals surface area (Å²) in [6, 6.07) is -0.641. The summed E-state index contributed by atoms with van der Waals surface area (Å²) >= 11 is 5.45. The lowest BCUT2D eigenvalue weighted by atomic mass is 10.0. The van der Waals surface area contributed by atoms with Crippen molar-refractivity contribution in [3.05, 3.63) is 38.9 Å². The van der Waals surface area contributed by atoms with Crippen LogP contribution in [0.25, 0.3) is 0 Å². The Hall–Kier alpha value is -1.19. The molecule has 114 valence electrons. The number of nitro groups is 1. The lowest BCUT2D eigenvalue weighted by molar-refractivity contribution is -0.385. The van der Waals surface area contributed by atoms with E-state index in [0.29, 0.717) is 6.07 Å². The molecule has 1 rings (SSSR count). The quantitative estimate of drug-likeness (QED) is 0.516. The molecule has 20 heavy (non-hydrogen) atoms. The van der Waals surface area contributed by atoms with Crippen molar-refractivity contribution in [2.75, 3.05) is 0 Å². The van der Waals surface area contributed by atoms with E-state index in [4.69, 9.17) is 17.3 Å². The Kier molecular flexibility index (Phi) is 5.70. The van der Waals surface area contributed by atoms with Gasteiger partial charge in [0.05, 0.1) is 4.92 Å². The van der Waals surface area contributed by atoms with Gasteiger partial charge in [-0.1, -0.05) is 11.6 Å². The van der Waals surface area contributed by atoms with E-state index >= 15 is 0 Å². The molecule has 4 nitrogen and oxygen atoms in total. The number of rotatable bonds is 3. The number of nitro benzene ring substituents is 1. The monoisotopic (exact) mass is 340 g/mol. The number of nitrogens with zero attached hydrogens (tertiary/aromatic N) is 1. The second-order valence-electron chi connectivity index (χ2n) is 3.56. The molecule has 0 fully saturated rings. The van der Waals surface area contributed by atoms with Gasteiger partial charge in [-0.3, -0.25) is 10.1 Å². The second kappa shape index (κ2) is 6.06. The Morgan fingerprint density at radius 2 is 1.75 bits per heavy atom. The van der Waals surface area contributed by atoms with Crippen molar-refractivity contribution in [2.24, 2.45) is 5.73 Å². The maximum atomic E-state index is 13.0. The standard InChI is InChI=1S/C9H6ClF5N2O2.ClH/c10-6-2-1-4(17(18)19)3-5(6)7(16)8(11,12)9(13,14)15;/h1-3,7H,16H2;1H/t7-;/m0./s1. The van der Waals surface area contributed by atoms with Gasteiger partial charge in [0.25, 0.3) is 5.69 Å². The molecule has 0 aliphatic carbocycles. The first-order valence-electron chi connectivity index (χ1n) is 4.62. The van der Waals surface area contributed by atoms with Gasteiger partial charge in [0.2, 0.25) is 0 Å². The Bertz CT molecular complexity index is 510. The molecule has 0 aromatic heterocycles. The predicted octanol–water partition coefficient (Wildman–Crippen LogP) is 3.87. The highest BCUT2D eigenvalue weighted by Crippen LogP contribution is 2.45. The van der Waals surface area contributed by atoms with Gasteiger partial charge >= 0.3 is 12.1 Å². The van der Waals surface area contributed by atoms with Crippen molar-refractivity contribution < 1.29 is 26.9 Å². The van der Waals surface area contributed by atoms with Gasteiger partial charge in [0, 0.05) is 22.7 Å². The second-order valence-corrected chi connectivity index (χ2v) is 3.97. The van der Waals surface area contributed by atoms with Crippen molar-refractivity contribution in [2.45, 2.75) is 18.1 Å². The van der Waals surface area contributed by atoms with Crippen LogP contribution >= 0.6 is 24.0 Å². The van der Waals surface area contributed by atoms with Crippen molar-refractivity contribution in [3.8, 4) is 0 Å². The predicted molar refractivity (Wildman–Crippen MR) is 63.3 cm³/mol. The summed E-state index contributed by atoms with van der Waals surface area (Å²) in [7, 11) is 0. The first-order valence-corrected chi connectivity index (χ1v) is 5.00. The molecule has 0 saturated carbocycles. The first-order chi connectivity index (χ1) is 8.48. The highest BCUT2D eigenvalue weighted by atomic mass is 35.5. The van der Waals surface area contributed by atoms with Gasteiger partial charge in [-0.05, 0) is 6.07 Å². The third kappa shape index (κ3) is 3.47. The number of benzene rings is 1. The smallest absolute Gasteiger partial charge is 0.319 e. The summed E-state index contributed by atoms with van der Waals surface area (Å²) < 4.78 is 62.5. The van der Waals surface area contributed by atoms with E-state index in [1.807, 2.05) is 0 Å². The number of hydrogen-bond donors (Lipinski definition) is 1. The van der Waals surface area contributed by atoms with Crippen LogP contribution in [-0.4, -0.2) is 17.0 Å². The first kappa shape index (κ1) is 18.8. The number of alkyl halides is 5. The Balaban J connectivity index is 0.00000361. The highest BCUT2D eigenvalue weighted by molar-refractivity contribution is 6.31. The fourth-order valence-electron chi connectivity index (χ4n) is 1.25. The van der Waals surface area contributed by atoms with Gasteiger partial charge < -0.3 is 5.73 Å². The molecular weight excluding hydrogens is 334 g/mol. The number of halogens is 7. The van der Waals surface area contributed by atoms with Gasteiger partial charge in [0.1, 0.15) is 6.04 Å². The fraction of sp³-hybridized carbons (Fsp3) is 0.333. The van der Waals surface area contributed by atoms with Gasteiger partial charge in [-0.15, -0.1) is 12.4 Å². The molecule has 0 spiro atoms. The zero-order valence-electron chi connectivity index (χ0n) is 9.33. The molecule has 0 aliphatic rings. The average Bonchev–Trinajstić information content (AvgIpc) is 2.26. The van der Waals surface area contributed by atoms with E-state index < -0.39 is 39.3 Å². The van der Waals surface area contributed by atoms with Crippen LogP contribution in [0.5, 0.6) is 0 Å². The minimum atomic E-state index is -5.89. The van der Waals surface area contributed by atoms with Gasteiger partial charge in [0.15, 0.2) is 0 Å². The third-order valence-electron chi connectivity index (χ3n) is 2.29. The molecule has 0 unspecified atom stereocenters. The summed E-state index contributed by atoms with van der Waals surface area (Å²) in [5.41, 5.74) is 3.32. The maximum Gasteiger partial charge on any atom is 0.455 e. The van der Waals surface area contributed by atoms with E-state index in [9.17, 15) is 32.1 Å². The normalized spacial score (nSPS) is 13.6. The molecule has 1 aromatic rings. The van der Waals surface area contributed by atoms with Crippen LogP contribution in [0, 0.1) is 10.1 Å². The summed E-state index contributed by atoms with van der Waals surface area (Å²) in [6.45, 7) is 0. The van der Waals surface area contributed by atoms with Crippen molar-refractivity contribution >= 4 is 29.7 Å². The minimum Gasteiger partial charge on any atom is -0.319 e. The summed E-state index contributed by atoms with van der Waals surface area (Å²) in [6.07, 6.45) is -5.89. The average molecular weight is 341 g/mol. The molecule has 0 aliphatic heterocycles. The number of nitrogens with two attached hydrogens (primary N) is 1. The van der Waals surface area contributed by atoms with Crippen LogP contribution in [0.3, 0.4) is 0 Å². The molecule has 0 saturated heterocycles. The van der Waals surface area contributed by atoms with Crippen LogP contribution in [0.15, 0.2) is 18.2 Å². The van der Waals surface area contributed by atoms with E-state index in [1.54, 1.807) is 0 Å². The molecule has 1 atom stereocenters. The molecule has 0 bridgehead atoms. The Morgan fingerprint density at radius 3 is 2.15 bits per heavy atom. The minimum absolute atomic E-state index is 0. The summed E-state index contributed by atoms with van der Waals surface area (Å²) in [5, 5.41) is 9.93. The van der Waals surface area contributed by atoms with Crippen LogP contribution in [-0.2, 0) is 0 Å². The van der Waals surface area contributed by atoms with E-state index in [2.05, 4.69) is 0 Å². The molecular formula is C9H7Cl2F5N2O2. The van der Waals surface area contributed by atoms with E-state index in [1.165, 1.54) is 0 Å². The van der Waals surface area contributed by atoms with Crippen LogP contribution < -0.4 is 5.73 Å². The Labute approximate surface area is 120 Å². The lowest BCUT2D eigenvalue weighted by Crippen LogP contribution is -2.45. The topological polar surface area (TPSA) is 69.2 Å². The zero-order chi connectivity index (χ0) is 15.0. The van der Waals surface area contributed by atoms with E-state index in [0.717, 1.165) is 12.1 Å². The molecule has 2 N–H and O–H groups in total. The van der Waals surface area contributed by atoms with Crippen molar-refractivity contribution in [1.29, 1.82) is 0 Å². The van der Waals surface area contributed by atoms with Crippen LogP contribution in [0.1, 0.15) is 11.6 Å².